The molecule has 172 valence electrons. The zero-order valence-electron chi connectivity index (χ0n) is 18.7. The van der Waals surface area contributed by atoms with E-state index in [4.69, 9.17) is 11.6 Å². The van der Waals surface area contributed by atoms with E-state index >= 15 is 0 Å². The van der Waals surface area contributed by atoms with Crippen LogP contribution in [0.2, 0.25) is 5.02 Å². The summed E-state index contributed by atoms with van der Waals surface area (Å²) in [6.45, 7) is 7.27. The normalized spacial score (nSPS) is 17.1. The first-order valence-corrected chi connectivity index (χ1v) is 11.2. The average molecular weight is 469 g/mol. The number of aryl methyl sites for hydroxylation is 1. The molecule has 0 aliphatic carbocycles. The number of nitrogens with zero attached hydrogens (tertiary/aromatic N) is 6. The number of hydrogen-bond acceptors (Lipinski definition) is 5. The molecule has 33 heavy (non-hydrogen) atoms. The fraction of sp³-hybridized carbons (Fsp3) is 0.333. The Morgan fingerprint density at radius 1 is 1.18 bits per heavy atom. The minimum atomic E-state index is -0.230. The van der Waals surface area contributed by atoms with Crippen molar-refractivity contribution >= 4 is 23.6 Å². The first-order chi connectivity index (χ1) is 15.9. The van der Waals surface area contributed by atoms with Crippen LogP contribution in [-0.2, 0) is 17.9 Å². The van der Waals surface area contributed by atoms with Gasteiger partial charge in [-0.15, -0.1) is 5.10 Å². The van der Waals surface area contributed by atoms with Gasteiger partial charge in [-0.1, -0.05) is 29.8 Å². The molecule has 4 rings (SSSR count). The van der Waals surface area contributed by atoms with E-state index in [-0.39, 0.29) is 17.8 Å². The lowest BCUT2D eigenvalue weighted by molar-refractivity contribution is -0.130. The van der Waals surface area contributed by atoms with Gasteiger partial charge in [0.1, 0.15) is 11.6 Å². The van der Waals surface area contributed by atoms with Crippen LogP contribution in [0.25, 0.3) is 6.08 Å². The van der Waals surface area contributed by atoms with Crippen LogP contribution in [0.3, 0.4) is 0 Å². The maximum absolute atomic E-state index is 13.1. The van der Waals surface area contributed by atoms with Gasteiger partial charge < -0.3 is 4.90 Å². The van der Waals surface area contributed by atoms with E-state index in [0.29, 0.717) is 23.9 Å². The molecule has 1 aliphatic heterocycles. The Morgan fingerprint density at radius 2 is 1.97 bits per heavy atom. The van der Waals surface area contributed by atoms with Crippen LogP contribution in [0, 0.1) is 12.7 Å². The number of tetrazole rings is 1. The van der Waals surface area contributed by atoms with Crippen molar-refractivity contribution in [3.05, 3.63) is 81.9 Å². The highest BCUT2D eigenvalue weighted by atomic mass is 35.5. The molecule has 1 saturated heterocycles. The Labute approximate surface area is 197 Å². The second kappa shape index (κ2) is 10.2. The molecule has 1 unspecified atom stereocenters. The van der Waals surface area contributed by atoms with Gasteiger partial charge in [0.2, 0.25) is 5.91 Å². The highest BCUT2D eigenvalue weighted by Gasteiger charge is 2.26. The van der Waals surface area contributed by atoms with E-state index in [1.54, 1.807) is 29.0 Å². The van der Waals surface area contributed by atoms with Crippen molar-refractivity contribution in [2.75, 3.05) is 19.6 Å². The van der Waals surface area contributed by atoms with Crippen LogP contribution in [0.15, 0.2) is 48.5 Å². The first-order valence-electron chi connectivity index (χ1n) is 10.9. The van der Waals surface area contributed by atoms with Crippen molar-refractivity contribution in [3.8, 4) is 0 Å². The predicted molar refractivity (Wildman–Crippen MR) is 125 cm³/mol. The molecule has 0 radical (unpaired) electrons. The highest BCUT2D eigenvalue weighted by molar-refractivity contribution is 6.30. The van der Waals surface area contributed by atoms with Crippen molar-refractivity contribution in [1.82, 2.24) is 30.0 Å². The number of carbonyl (C=O) groups excluding carboxylic acids is 1. The Bertz CT molecular complexity index is 1150. The third kappa shape index (κ3) is 5.83. The molecule has 1 aliphatic rings. The smallest absolute Gasteiger partial charge is 0.246 e. The quantitative estimate of drug-likeness (QED) is 0.517. The number of benzene rings is 2. The molecular formula is C24H26ClFN6O. The van der Waals surface area contributed by atoms with Crippen LogP contribution in [-0.4, -0.2) is 61.6 Å². The minimum absolute atomic E-state index is 0.0246. The largest absolute Gasteiger partial charge is 0.334 e. The van der Waals surface area contributed by atoms with Gasteiger partial charge in [0.25, 0.3) is 0 Å². The summed E-state index contributed by atoms with van der Waals surface area (Å²) in [5.41, 5.74) is 2.89. The Hall–Kier alpha value is -3.10. The molecule has 0 spiro atoms. The maximum atomic E-state index is 13.1. The fourth-order valence-electron chi connectivity index (χ4n) is 4.04. The topological polar surface area (TPSA) is 67.2 Å². The third-order valence-corrected chi connectivity index (χ3v) is 6.09. The Morgan fingerprint density at radius 3 is 2.67 bits per heavy atom. The van der Waals surface area contributed by atoms with Crippen molar-refractivity contribution in [2.24, 2.45) is 0 Å². The van der Waals surface area contributed by atoms with Gasteiger partial charge in [-0.3, -0.25) is 9.69 Å². The molecule has 0 N–H and O–H groups in total. The average Bonchev–Trinajstić information content (AvgIpc) is 3.19. The second-order valence-electron chi connectivity index (χ2n) is 8.30. The fourth-order valence-corrected chi connectivity index (χ4v) is 4.23. The van der Waals surface area contributed by atoms with Crippen LogP contribution >= 0.6 is 11.6 Å². The summed E-state index contributed by atoms with van der Waals surface area (Å²) < 4.78 is 14.8. The summed E-state index contributed by atoms with van der Waals surface area (Å²) in [5, 5.41) is 12.2. The lowest BCUT2D eigenvalue weighted by Gasteiger charge is -2.39. The molecule has 7 nitrogen and oxygen atoms in total. The van der Waals surface area contributed by atoms with E-state index in [1.165, 1.54) is 12.1 Å². The zero-order valence-corrected chi connectivity index (χ0v) is 19.4. The monoisotopic (exact) mass is 468 g/mol. The lowest BCUT2D eigenvalue weighted by Crippen LogP contribution is -2.53. The Kier molecular flexibility index (Phi) is 7.15. The van der Waals surface area contributed by atoms with Crippen LogP contribution in [0.5, 0.6) is 0 Å². The molecule has 0 saturated carbocycles. The third-order valence-electron chi connectivity index (χ3n) is 5.86. The maximum Gasteiger partial charge on any atom is 0.246 e. The van der Waals surface area contributed by atoms with Crippen molar-refractivity contribution < 1.29 is 9.18 Å². The molecule has 3 aromatic rings. The van der Waals surface area contributed by atoms with E-state index < -0.39 is 0 Å². The molecular weight excluding hydrogens is 443 g/mol. The second-order valence-corrected chi connectivity index (χ2v) is 8.74. The molecule has 2 aromatic carbocycles. The summed E-state index contributed by atoms with van der Waals surface area (Å²) in [4.78, 5) is 17.1. The minimum Gasteiger partial charge on any atom is -0.334 e. The zero-order chi connectivity index (χ0) is 23.4. The molecule has 2 heterocycles. The molecule has 1 fully saturated rings. The number of carbonyl (C=O) groups is 1. The van der Waals surface area contributed by atoms with Gasteiger partial charge in [0.05, 0.1) is 6.54 Å². The van der Waals surface area contributed by atoms with Gasteiger partial charge in [0, 0.05) is 43.3 Å². The summed E-state index contributed by atoms with van der Waals surface area (Å²) in [6, 6.07) is 12.2. The number of rotatable bonds is 6. The van der Waals surface area contributed by atoms with Crippen LogP contribution < -0.4 is 0 Å². The standard InChI is InChI=1S/C24H26ClFN6O/c1-17-14-30(15-19-3-8-23(26)9-4-19)11-12-31(17)24(33)10-6-20-5-7-22(25)13-21(20)16-32-18(2)27-28-29-32/h3-10,13,17H,11-12,14-16H2,1-2H3. The summed E-state index contributed by atoms with van der Waals surface area (Å²) >= 11 is 6.20. The van der Waals surface area contributed by atoms with Crippen molar-refractivity contribution in [1.29, 1.82) is 0 Å². The van der Waals surface area contributed by atoms with E-state index in [0.717, 1.165) is 36.3 Å². The summed E-state index contributed by atoms with van der Waals surface area (Å²) in [5.74, 6) is 0.447. The number of aromatic nitrogens is 4. The summed E-state index contributed by atoms with van der Waals surface area (Å²) in [7, 11) is 0. The SMILES string of the molecule is Cc1nnnn1Cc1cc(Cl)ccc1C=CC(=O)N1CCN(Cc2ccc(F)cc2)CC1C. The molecule has 0 bridgehead atoms. The van der Waals surface area contributed by atoms with Crippen LogP contribution in [0.1, 0.15) is 29.4 Å². The molecule has 1 aromatic heterocycles. The van der Waals surface area contributed by atoms with E-state index in [2.05, 4.69) is 27.3 Å². The molecule has 1 amide bonds. The molecule has 1 atom stereocenters. The first kappa shape index (κ1) is 23.1. The van der Waals surface area contributed by atoms with Gasteiger partial charge in [-0.2, -0.15) is 0 Å². The number of amides is 1. The Balaban J connectivity index is 1.40. The van der Waals surface area contributed by atoms with Gasteiger partial charge >= 0.3 is 0 Å². The van der Waals surface area contributed by atoms with Gasteiger partial charge in [0.15, 0.2) is 0 Å². The predicted octanol–water partition coefficient (Wildman–Crippen LogP) is 3.57. The lowest BCUT2D eigenvalue weighted by atomic mass is 10.1. The summed E-state index contributed by atoms with van der Waals surface area (Å²) in [6.07, 6.45) is 3.44. The van der Waals surface area contributed by atoms with E-state index in [9.17, 15) is 9.18 Å². The van der Waals surface area contributed by atoms with E-state index in [1.807, 2.05) is 30.0 Å². The number of hydrogen-bond donors (Lipinski definition) is 0. The molecule has 9 heteroatoms. The van der Waals surface area contributed by atoms with Crippen LogP contribution in [0.4, 0.5) is 4.39 Å². The van der Waals surface area contributed by atoms with Crippen molar-refractivity contribution in [3.63, 3.8) is 0 Å². The number of halogens is 2. The highest BCUT2D eigenvalue weighted by Crippen LogP contribution is 2.20. The van der Waals surface area contributed by atoms with Gasteiger partial charge in [-0.05, 0) is 71.3 Å². The number of piperazine rings is 1. The van der Waals surface area contributed by atoms with Gasteiger partial charge in [-0.25, -0.2) is 9.07 Å². The van der Waals surface area contributed by atoms with Crippen molar-refractivity contribution in [2.45, 2.75) is 33.0 Å².